The molecule has 2 rings (SSSR count). The molecule has 2 nitrogen and oxygen atoms in total. The standard InChI is InChI=1S/C18H23NO/c1-14-4-10-17(11-5-14)19-15(2)6-7-16-8-12-18(20-3)13-9-16/h4-5,8-13,15,19H,6-7H2,1-3H3. The molecule has 2 heteroatoms. The van der Waals surface area contributed by atoms with E-state index in [1.165, 1.54) is 16.8 Å². The number of aryl methyl sites for hydroxylation is 2. The summed E-state index contributed by atoms with van der Waals surface area (Å²) in [7, 11) is 1.70. The zero-order chi connectivity index (χ0) is 14.4. The fourth-order valence-corrected chi connectivity index (χ4v) is 2.18. The van der Waals surface area contributed by atoms with Gasteiger partial charge in [0, 0.05) is 11.7 Å². The van der Waals surface area contributed by atoms with Gasteiger partial charge in [-0.3, -0.25) is 0 Å². The summed E-state index contributed by atoms with van der Waals surface area (Å²) in [6.07, 6.45) is 2.18. The zero-order valence-corrected chi connectivity index (χ0v) is 12.5. The first-order valence-corrected chi connectivity index (χ1v) is 7.13. The van der Waals surface area contributed by atoms with Crippen LogP contribution in [0.4, 0.5) is 5.69 Å². The maximum Gasteiger partial charge on any atom is 0.118 e. The van der Waals surface area contributed by atoms with Gasteiger partial charge in [-0.1, -0.05) is 29.8 Å². The highest BCUT2D eigenvalue weighted by Crippen LogP contribution is 2.15. The minimum Gasteiger partial charge on any atom is -0.497 e. The molecule has 0 fully saturated rings. The van der Waals surface area contributed by atoms with E-state index in [2.05, 4.69) is 55.6 Å². The van der Waals surface area contributed by atoms with Crippen LogP contribution in [0.1, 0.15) is 24.5 Å². The molecule has 0 aliphatic rings. The number of ether oxygens (including phenoxy) is 1. The van der Waals surface area contributed by atoms with Crippen molar-refractivity contribution in [2.75, 3.05) is 12.4 Å². The van der Waals surface area contributed by atoms with Crippen LogP contribution in [0, 0.1) is 6.92 Å². The molecule has 106 valence electrons. The third-order valence-corrected chi connectivity index (χ3v) is 3.49. The first kappa shape index (κ1) is 14.4. The van der Waals surface area contributed by atoms with Gasteiger partial charge < -0.3 is 10.1 Å². The topological polar surface area (TPSA) is 21.3 Å². The summed E-state index contributed by atoms with van der Waals surface area (Å²) >= 11 is 0. The molecule has 0 amide bonds. The van der Waals surface area contributed by atoms with Crippen molar-refractivity contribution in [2.24, 2.45) is 0 Å². The molecule has 1 N–H and O–H groups in total. The third-order valence-electron chi connectivity index (χ3n) is 3.49. The van der Waals surface area contributed by atoms with Crippen molar-refractivity contribution < 1.29 is 4.74 Å². The maximum absolute atomic E-state index is 5.17. The van der Waals surface area contributed by atoms with Gasteiger partial charge >= 0.3 is 0 Å². The number of benzene rings is 2. The van der Waals surface area contributed by atoms with Crippen LogP contribution in [0.5, 0.6) is 5.75 Å². The van der Waals surface area contributed by atoms with Gasteiger partial charge in [-0.05, 0) is 56.5 Å². The Labute approximate surface area is 121 Å². The Hall–Kier alpha value is -1.96. The smallest absolute Gasteiger partial charge is 0.118 e. The summed E-state index contributed by atoms with van der Waals surface area (Å²) in [5.74, 6) is 0.916. The Morgan fingerprint density at radius 1 is 1.00 bits per heavy atom. The largest absolute Gasteiger partial charge is 0.497 e. The van der Waals surface area contributed by atoms with E-state index in [0.29, 0.717) is 6.04 Å². The molecule has 0 saturated heterocycles. The lowest BCUT2D eigenvalue weighted by Crippen LogP contribution is -2.15. The lowest BCUT2D eigenvalue weighted by Gasteiger charge is -2.15. The van der Waals surface area contributed by atoms with Crippen molar-refractivity contribution in [3.8, 4) is 5.75 Å². The van der Waals surface area contributed by atoms with E-state index < -0.39 is 0 Å². The molecule has 0 aliphatic heterocycles. The molecule has 1 atom stereocenters. The quantitative estimate of drug-likeness (QED) is 0.837. The van der Waals surface area contributed by atoms with Gasteiger partial charge in [0.2, 0.25) is 0 Å². The molecule has 1 unspecified atom stereocenters. The zero-order valence-electron chi connectivity index (χ0n) is 12.5. The number of nitrogens with one attached hydrogen (secondary N) is 1. The van der Waals surface area contributed by atoms with Crippen LogP contribution in [0.25, 0.3) is 0 Å². The Balaban J connectivity index is 1.82. The van der Waals surface area contributed by atoms with Gasteiger partial charge in [0.25, 0.3) is 0 Å². The summed E-state index contributed by atoms with van der Waals surface area (Å²) in [6, 6.07) is 17.3. The van der Waals surface area contributed by atoms with Crippen LogP contribution in [0.2, 0.25) is 0 Å². The Morgan fingerprint density at radius 3 is 2.25 bits per heavy atom. The number of hydrogen-bond acceptors (Lipinski definition) is 2. The van der Waals surface area contributed by atoms with Gasteiger partial charge in [-0.15, -0.1) is 0 Å². The molecule has 0 heterocycles. The van der Waals surface area contributed by atoms with Crippen molar-refractivity contribution in [1.82, 2.24) is 0 Å². The van der Waals surface area contributed by atoms with Crippen LogP contribution >= 0.6 is 0 Å². The van der Waals surface area contributed by atoms with E-state index in [9.17, 15) is 0 Å². The van der Waals surface area contributed by atoms with Crippen molar-refractivity contribution in [2.45, 2.75) is 32.7 Å². The maximum atomic E-state index is 5.17. The number of rotatable bonds is 6. The molecule has 0 radical (unpaired) electrons. The van der Waals surface area contributed by atoms with Crippen LogP contribution in [-0.4, -0.2) is 13.2 Å². The summed E-state index contributed by atoms with van der Waals surface area (Å²) in [5.41, 5.74) is 3.84. The number of hydrogen-bond donors (Lipinski definition) is 1. The molecule has 2 aromatic rings. The first-order chi connectivity index (χ1) is 9.67. The van der Waals surface area contributed by atoms with Gasteiger partial charge in [0.1, 0.15) is 5.75 Å². The summed E-state index contributed by atoms with van der Waals surface area (Å²) in [6.45, 7) is 4.33. The van der Waals surface area contributed by atoms with Crippen molar-refractivity contribution >= 4 is 5.69 Å². The Kier molecular flexibility index (Phi) is 5.05. The second kappa shape index (κ2) is 6.99. The summed E-state index contributed by atoms with van der Waals surface area (Å²) in [4.78, 5) is 0. The van der Waals surface area contributed by atoms with Gasteiger partial charge in [0.05, 0.1) is 7.11 Å². The molecule has 2 aromatic carbocycles. The number of anilines is 1. The highest BCUT2D eigenvalue weighted by molar-refractivity contribution is 5.45. The second-order valence-electron chi connectivity index (χ2n) is 5.30. The number of methoxy groups -OCH3 is 1. The first-order valence-electron chi connectivity index (χ1n) is 7.13. The Morgan fingerprint density at radius 2 is 1.65 bits per heavy atom. The van der Waals surface area contributed by atoms with Crippen LogP contribution < -0.4 is 10.1 Å². The summed E-state index contributed by atoms with van der Waals surface area (Å²) in [5, 5.41) is 3.54. The predicted molar refractivity (Wildman–Crippen MR) is 85.6 cm³/mol. The van der Waals surface area contributed by atoms with E-state index in [4.69, 9.17) is 4.74 Å². The molecular weight excluding hydrogens is 246 g/mol. The molecular formula is C18H23NO. The third kappa shape index (κ3) is 4.30. The van der Waals surface area contributed by atoms with E-state index in [1.54, 1.807) is 7.11 Å². The van der Waals surface area contributed by atoms with Crippen molar-refractivity contribution in [3.63, 3.8) is 0 Å². The molecule has 0 bridgehead atoms. The van der Waals surface area contributed by atoms with E-state index in [1.807, 2.05) is 12.1 Å². The summed E-state index contributed by atoms with van der Waals surface area (Å²) < 4.78 is 5.17. The fraction of sp³-hybridized carbons (Fsp3) is 0.333. The molecule has 0 saturated carbocycles. The highest BCUT2D eigenvalue weighted by atomic mass is 16.5. The molecule has 0 aliphatic carbocycles. The Bertz CT molecular complexity index is 516. The second-order valence-corrected chi connectivity index (χ2v) is 5.30. The highest BCUT2D eigenvalue weighted by Gasteiger charge is 2.03. The molecule has 0 aromatic heterocycles. The van der Waals surface area contributed by atoms with Gasteiger partial charge in [-0.25, -0.2) is 0 Å². The SMILES string of the molecule is COc1ccc(CCC(C)Nc2ccc(C)cc2)cc1. The van der Waals surface area contributed by atoms with Crippen LogP contribution in [0.3, 0.4) is 0 Å². The molecule has 0 spiro atoms. The lowest BCUT2D eigenvalue weighted by molar-refractivity contribution is 0.414. The average molecular weight is 269 g/mol. The van der Waals surface area contributed by atoms with Crippen LogP contribution in [0.15, 0.2) is 48.5 Å². The van der Waals surface area contributed by atoms with E-state index in [0.717, 1.165) is 18.6 Å². The van der Waals surface area contributed by atoms with Crippen molar-refractivity contribution in [3.05, 3.63) is 59.7 Å². The van der Waals surface area contributed by atoms with Gasteiger partial charge in [0.15, 0.2) is 0 Å². The monoisotopic (exact) mass is 269 g/mol. The predicted octanol–water partition coefficient (Wildman–Crippen LogP) is 4.44. The van der Waals surface area contributed by atoms with E-state index >= 15 is 0 Å². The van der Waals surface area contributed by atoms with Gasteiger partial charge in [-0.2, -0.15) is 0 Å². The van der Waals surface area contributed by atoms with E-state index in [-0.39, 0.29) is 0 Å². The van der Waals surface area contributed by atoms with Crippen LogP contribution in [-0.2, 0) is 6.42 Å². The minimum absolute atomic E-state index is 0.458. The average Bonchev–Trinajstić information content (AvgIpc) is 2.48. The lowest BCUT2D eigenvalue weighted by atomic mass is 10.1. The molecule has 20 heavy (non-hydrogen) atoms. The van der Waals surface area contributed by atoms with Crippen molar-refractivity contribution in [1.29, 1.82) is 0 Å². The minimum atomic E-state index is 0.458. The fourth-order valence-electron chi connectivity index (χ4n) is 2.18. The normalized spacial score (nSPS) is 11.9.